The molecule has 0 atom stereocenters. The number of benzene rings is 1. The second-order valence-corrected chi connectivity index (χ2v) is 7.09. The summed E-state index contributed by atoms with van der Waals surface area (Å²) in [5.41, 5.74) is 3.78. The Bertz CT molecular complexity index is 921. The number of rotatable bonds is 3. The number of likely N-dealkylation sites (tertiary alicyclic amines) is 1. The summed E-state index contributed by atoms with van der Waals surface area (Å²) in [6.07, 6.45) is 7.14. The van der Waals surface area contributed by atoms with Crippen molar-refractivity contribution >= 4 is 22.6 Å². The molecule has 1 fully saturated rings. The zero-order valence-electron chi connectivity index (χ0n) is 15.4. The van der Waals surface area contributed by atoms with Crippen LogP contribution < -0.4 is 4.90 Å². The molecule has 1 aliphatic rings. The van der Waals surface area contributed by atoms with Crippen molar-refractivity contribution < 1.29 is 4.79 Å². The minimum atomic E-state index is 0.0992. The Kier molecular flexibility index (Phi) is 4.37. The van der Waals surface area contributed by atoms with Gasteiger partial charge in [-0.05, 0) is 55.7 Å². The highest BCUT2D eigenvalue weighted by molar-refractivity contribution is 5.97. The van der Waals surface area contributed by atoms with Crippen LogP contribution in [0.25, 0.3) is 16.7 Å². The number of hydrogen-bond donors (Lipinski definition) is 0. The first kappa shape index (κ1) is 16.6. The summed E-state index contributed by atoms with van der Waals surface area (Å²) in [5.74, 6) is 0.0992. The maximum Gasteiger partial charge on any atom is 0.255 e. The topological polar surface area (TPSA) is 41.4 Å². The molecule has 0 unspecified atom stereocenters. The first-order valence-corrected chi connectivity index (χ1v) is 9.17. The van der Waals surface area contributed by atoms with Crippen molar-refractivity contribution in [2.45, 2.75) is 19.3 Å². The molecule has 4 rings (SSSR count). The van der Waals surface area contributed by atoms with E-state index < -0.39 is 0 Å². The van der Waals surface area contributed by atoms with E-state index in [1.807, 2.05) is 37.3 Å². The number of nitrogens with zero attached hydrogens (tertiary/aromatic N) is 4. The highest BCUT2D eigenvalue weighted by atomic mass is 16.2. The van der Waals surface area contributed by atoms with Crippen molar-refractivity contribution in [3.63, 3.8) is 0 Å². The highest BCUT2D eigenvalue weighted by Crippen LogP contribution is 2.22. The molecule has 134 valence electrons. The van der Waals surface area contributed by atoms with Gasteiger partial charge in [-0.2, -0.15) is 0 Å². The van der Waals surface area contributed by atoms with E-state index in [0.29, 0.717) is 5.56 Å². The zero-order valence-corrected chi connectivity index (χ0v) is 15.4. The molecule has 0 N–H and O–H groups in total. The van der Waals surface area contributed by atoms with Crippen molar-refractivity contribution in [1.82, 2.24) is 14.5 Å². The molecule has 3 heterocycles. The Labute approximate surface area is 153 Å². The van der Waals surface area contributed by atoms with Crippen LogP contribution in [-0.2, 0) is 0 Å². The summed E-state index contributed by atoms with van der Waals surface area (Å²) in [7, 11) is 4.06. The first-order chi connectivity index (χ1) is 12.6. The Morgan fingerprint density at radius 3 is 2.46 bits per heavy atom. The molecule has 0 saturated carbocycles. The lowest BCUT2D eigenvalue weighted by atomic mass is 10.1. The molecule has 1 saturated heterocycles. The lowest BCUT2D eigenvalue weighted by Gasteiger charge is -2.26. The van der Waals surface area contributed by atoms with Gasteiger partial charge in [0.25, 0.3) is 5.91 Å². The molecule has 3 aromatic rings. The number of aromatic nitrogens is 2. The average molecular weight is 348 g/mol. The number of pyridine rings is 1. The van der Waals surface area contributed by atoms with Crippen LogP contribution in [0.1, 0.15) is 29.6 Å². The fraction of sp³-hybridized carbons (Fsp3) is 0.333. The van der Waals surface area contributed by atoms with Crippen LogP contribution in [-0.4, -0.2) is 47.5 Å². The second-order valence-electron chi connectivity index (χ2n) is 7.09. The van der Waals surface area contributed by atoms with E-state index in [4.69, 9.17) is 0 Å². The molecule has 0 spiro atoms. The van der Waals surface area contributed by atoms with Gasteiger partial charge in [0, 0.05) is 56.3 Å². The summed E-state index contributed by atoms with van der Waals surface area (Å²) in [5, 5.41) is 0.990. The van der Waals surface area contributed by atoms with Gasteiger partial charge in [0.15, 0.2) is 0 Å². The van der Waals surface area contributed by atoms with Gasteiger partial charge in [0.05, 0.1) is 5.56 Å². The quantitative estimate of drug-likeness (QED) is 0.724. The van der Waals surface area contributed by atoms with Crippen molar-refractivity contribution in [1.29, 1.82) is 0 Å². The molecular weight excluding hydrogens is 324 g/mol. The van der Waals surface area contributed by atoms with Gasteiger partial charge in [-0.1, -0.05) is 0 Å². The normalized spacial score (nSPS) is 14.6. The Morgan fingerprint density at radius 1 is 1.04 bits per heavy atom. The third-order valence-electron chi connectivity index (χ3n) is 5.06. The second kappa shape index (κ2) is 6.83. The molecular formula is C21H24N4O. The molecule has 5 heteroatoms. The lowest BCUT2D eigenvalue weighted by molar-refractivity contribution is 0.0724. The predicted molar refractivity (Wildman–Crippen MR) is 105 cm³/mol. The number of piperidine rings is 1. The number of carbonyl (C=O) groups excluding carboxylic acids is 1. The van der Waals surface area contributed by atoms with Crippen molar-refractivity contribution in [2.75, 3.05) is 32.1 Å². The van der Waals surface area contributed by atoms with Gasteiger partial charge in [-0.25, -0.2) is 4.98 Å². The van der Waals surface area contributed by atoms with Crippen LogP contribution in [0.4, 0.5) is 5.69 Å². The fourth-order valence-corrected chi connectivity index (χ4v) is 3.54. The summed E-state index contributed by atoms with van der Waals surface area (Å²) >= 11 is 0. The van der Waals surface area contributed by atoms with Crippen LogP contribution in [0, 0.1) is 0 Å². The Hall–Kier alpha value is -2.82. The third-order valence-corrected chi connectivity index (χ3v) is 5.06. The summed E-state index contributed by atoms with van der Waals surface area (Å²) in [6, 6.07) is 12.3. The minimum absolute atomic E-state index is 0.0992. The number of anilines is 1. The van der Waals surface area contributed by atoms with E-state index in [1.54, 1.807) is 6.20 Å². The van der Waals surface area contributed by atoms with Crippen molar-refractivity contribution in [3.8, 4) is 5.69 Å². The molecule has 2 aromatic heterocycles. The molecule has 1 aromatic carbocycles. The average Bonchev–Trinajstić information content (AvgIpc) is 3.11. The van der Waals surface area contributed by atoms with Gasteiger partial charge in [0.2, 0.25) is 0 Å². The SMILES string of the molecule is CN(C)c1ccc(-n2ccc3cc(C(=O)N4CCCCC4)cnc32)cc1. The van der Waals surface area contributed by atoms with E-state index in [1.165, 1.54) is 6.42 Å². The van der Waals surface area contributed by atoms with E-state index in [9.17, 15) is 4.79 Å². The van der Waals surface area contributed by atoms with Crippen LogP contribution in [0.15, 0.2) is 48.8 Å². The molecule has 1 aliphatic heterocycles. The van der Waals surface area contributed by atoms with Crippen LogP contribution in [0.5, 0.6) is 0 Å². The highest BCUT2D eigenvalue weighted by Gasteiger charge is 2.19. The molecule has 26 heavy (non-hydrogen) atoms. The number of carbonyl (C=O) groups is 1. The van der Waals surface area contributed by atoms with E-state index in [2.05, 4.69) is 38.7 Å². The number of amides is 1. The number of hydrogen-bond acceptors (Lipinski definition) is 3. The van der Waals surface area contributed by atoms with Gasteiger partial charge in [-0.15, -0.1) is 0 Å². The van der Waals surface area contributed by atoms with Crippen molar-refractivity contribution in [3.05, 3.63) is 54.4 Å². The van der Waals surface area contributed by atoms with Gasteiger partial charge in [0.1, 0.15) is 5.65 Å². The minimum Gasteiger partial charge on any atom is -0.378 e. The summed E-state index contributed by atoms with van der Waals surface area (Å²) < 4.78 is 2.06. The Balaban J connectivity index is 1.64. The molecule has 0 radical (unpaired) electrons. The van der Waals surface area contributed by atoms with Gasteiger partial charge < -0.3 is 14.4 Å². The monoisotopic (exact) mass is 348 g/mol. The molecule has 1 amide bonds. The zero-order chi connectivity index (χ0) is 18.1. The smallest absolute Gasteiger partial charge is 0.255 e. The molecule has 0 aliphatic carbocycles. The van der Waals surface area contributed by atoms with Gasteiger partial charge >= 0.3 is 0 Å². The summed E-state index contributed by atoms with van der Waals surface area (Å²) in [4.78, 5) is 21.3. The Morgan fingerprint density at radius 2 is 1.77 bits per heavy atom. The maximum absolute atomic E-state index is 12.7. The predicted octanol–water partition coefficient (Wildman–Crippen LogP) is 3.72. The van der Waals surface area contributed by atoms with Crippen LogP contribution in [0.2, 0.25) is 0 Å². The van der Waals surface area contributed by atoms with Crippen LogP contribution >= 0.6 is 0 Å². The fourth-order valence-electron chi connectivity index (χ4n) is 3.54. The number of fused-ring (bicyclic) bond motifs is 1. The van der Waals surface area contributed by atoms with Crippen molar-refractivity contribution in [2.24, 2.45) is 0 Å². The largest absolute Gasteiger partial charge is 0.378 e. The summed E-state index contributed by atoms with van der Waals surface area (Å²) in [6.45, 7) is 1.71. The molecule has 0 bridgehead atoms. The van der Waals surface area contributed by atoms with E-state index in [-0.39, 0.29) is 5.91 Å². The standard InChI is InChI=1S/C21H24N4O/c1-23(2)18-6-8-19(9-7-18)25-13-10-16-14-17(15-22-20(16)25)21(26)24-11-4-3-5-12-24/h6-10,13-15H,3-5,11-12H2,1-2H3. The lowest BCUT2D eigenvalue weighted by Crippen LogP contribution is -2.35. The first-order valence-electron chi connectivity index (χ1n) is 9.17. The van der Waals surface area contributed by atoms with Crippen LogP contribution in [0.3, 0.4) is 0 Å². The molecule has 5 nitrogen and oxygen atoms in total. The third kappa shape index (κ3) is 3.05. The van der Waals surface area contributed by atoms with E-state index in [0.717, 1.165) is 48.3 Å². The van der Waals surface area contributed by atoms with Gasteiger partial charge in [-0.3, -0.25) is 4.79 Å². The van der Waals surface area contributed by atoms with E-state index >= 15 is 0 Å². The maximum atomic E-state index is 12.7.